The lowest BCUT2D eigenvalue weighted by molar-refractivity contribution is 1.39. The maximum absolute atomic E-state index is 6.42. The van der Waals surface area contributed by atoms with Crippen LogP contribution < -0.4 is 5.30 Å². The van der Waals surface area contributed by atoms with Gasteiger partial charge < -0.3 is 0 Å². The number of rotatable bonds is 1. The first-order chi connectivity index (χ1) is 6.62. The van der Waals surface area contributed by atoms with Crippen molar-refractivity contribution in [3.8, 4) is 0 Å². The third-order valence-electron chi connectivity index (χ3n) is 2.64. The largest absolute Gasteiger partial charge is 0.286 e. The van der Waals surface area contributed by atoms with Crippen LogP contribution in [0.2, 0.25) is 0 Å². The second-order valence-corrected chi connectivity index (χ2v) is 6.50. The van der Waals surface area contributed by atoms with E-state index in [1.165, 1.54) is 16.5 Å². The topological polar surface area (TPSA) is 0 Å². The van der Waals surface area contributed by atoms with Gasteiger partial charge in [0.2, 0.25) is 0 Å². The lowest BCUT2D eigenvalue weighted by Gasteiger charge is -2.26. The van der Waals surface area contributed by atoms with Gasteiger partial charge in [-0.1, -0.05) is 18.2 Å². The van der Waals surface area contributed by atoms with E-state index >= 15 is 0 Å². The Labute approximate surface area is 87.4 Å². The van der Waals surface area contributed by atoms with Gasteiger partial charge in [0.05, 0.1) is 5.30 Å². The summed E-state index contributed by atoms with van der Waals surface area (Å²) in [6.45, 7) is 4.26. The molecule has 0 aliphatic carbocycles. The molecule has 0 bridgehead atoms. The molecule has 3 radical (unpaired) electrons. The standard InChI is InChI=1S/C12H13BP/c1-10-8-14(13,9-11(10)2)12-6-4-3-5-7-12/h3-9H,1-2H3. The summed E-state index contributed by atoms with van der Waals surface area (Å²) in [5, 5.41) is 1.26. The first-order valence-electron chi connectivity index (χ1n) is 4.74. The molecule has 1 aromatic rings. The van der Waals surface area contributed by atoms with Crippen LogP contribution in [0, 0.1) is 0 Å². The molecule has 1 aromatic carbocycles. The van der Waals surface area contributed by atoms with Crippen molar-refractivity contribution in [1.82, 2.24) is 0 Å². The zero-order chi connectivity index (χ0) is 10.2. The van der Waals surface area contributed by atoms with Gasteiger partial charge in [0.25, 0.3) is 0 Å². The molecule has 0 N–H and O–H groups in total. The SMILES string of the molecule is [B-][P+]1(c2ccccc2)C=C(C)C(C)=C1. The number of hydrogen-bond donors (Lipinski definition) is 0. The van der Waals surface area contributed by atoms with Crippen LogP contribution in [0.4, 0.5) is 0 Å². The van der Waals surface area contributed by atoms with Gasteiger partial charge >= 0.3 is 0 Å². The molecule has 0 nitrogen and oxygen atoms in total. The average Bonchev–Trinajstić information content (AvgIpc) is 2.44. The van der Waals surface area contributed by atoms with Crippen LogP contribution in [0.5, 0.6) is 0 Å². The lowest BCUT2D eigenvalue weighted by Crippen LogP contribution is -2.05. The third kappa shape index (κ3) is 1.57. The molecule has 69 valence electrons. The molecular formula is C12H13BP. The van der Waals surface area contributed by atoms with E-state index in [9.17, 15) is 0 Å². The molecule has 2 heteroatoms. The summed E-state index contributed by atoms with van der Waals surface area (Å²) >= 11 is 0. The molecule has 0 amide bonds. The molecule has 0 saturated heterocycles. The van der Waals surface area contributed by atoms with E-state index < -0.39 is 7.14 Å². The van der Waals surface area contributed by atoms with E-state index in [-0.39, 0.29) is 0 Å². The van der Waals surface area contributed by atoms with Crippen molar-refractivity contribution in [3.63, 3.8) is 0 Å². The zero-order valence-electron chi connectivity index (χ0n) is 8.57. The monoisotopic (exact) mass is 199 g/mol. The van der Waals surface area contributed by atoms with Crippen LogP contribution >= 0.6 is 7.14 Å². The molecule has 1 aliphatic heterocycles. The first kappa shape index (κ1) is 9.74. The number of benzene rings is 1. The van der Waals surface area contributed by atoms with Crippen molar-refractivity contribution in [2.75, 3.05) is 0 Å². The fraction of sp³-hybridized carbons (Fsp3) is 0.167. The molecule has 1 heterocycles. The summed E-state index contributed by atoms with van der Waals surface area (Å²) in [5.41, 5.74) is 2.65. The highest BCUT2D eigenvalue weighted by Gasteiger charge is 2.22. The Morgan fingerprint density at radius 1 is 0.929 bits per heavy atom. The van der Waals surface area contributed by atoms with E-state index in [0.29, 0.717) is 0 Å². The van der Waals surface area contributed by atoms with Gasteiger partial charge in [0, 0.05) is 11.6 Å². The molecule has 0 spiro atoms. The lowest BCUT2D eigenvalue weighted by atomic mass is 10.2. The van der Waals surface area contributed by atoms with Gasteiger partial charge in [-0.2, -0.15) is 7.14 Å². The predicted octanol–water partition coefficient (Wildman–Crippen LogP) is 3.23. The highest BCUT2D eigenvalue weighted by Crippen LogP contribution is 2.61. The van der Waals surface area contributed by atoms with Gasteiger partial charge in [-0.15, -0.1) is 0 Å². The smallest absolute Gasteiger partial charge is 0.0504 e. The van der Waals surface area contributed by atoms with Crippen LogP contribution in [0.1, 0.15) is 13.8 Å². The van der Waals surface area contributed by atoms with Crippen LogP contribution in [-0.2, 0) is 0 Å². The maximum atomic E-state index is 6.42. The minimum Gasteiger partial charge on any atom is -0.286 e. The molecule has 0 saturated carbocycles. The van der Waals surface area contributed by atoms with E-state index in [2.05, 4.69) is 49.7 Å². The fourth-order valence-corrected chi connectivity index (χ4v) is 4.47. The minimum atomic E-state index is -1.61. The first-order valence-corrected chi connectivity index (χ1v) is 6.73. The fourth-order valence-electron chi connectivity index (χ4n) is 1.72. The second kappa shape index (κ2) is 3.40. The summed E-state index contributed by atoms with van der Waals surface area (Å²) < 4.78 is 0. The Morgan fingerprint density at radius 2 is 1.43 bits per heavy atom. The number of hydrogen-bond acceptors (Lipinski definition) is 0. The molecular weight excluding hydrogens is 186 g/mol. The van der Waals surface area contributed by atoms with E-state index in [4.69, 9.17) is 7.57 Å². The average molecular weight is 199 g/mol. The molecule has 0 atom stereocenters. The summed E-state index contributed by atoms with van der Waals surface area (Å²) in [4.78, 5) is 0. The Morgan fingerprint density at radius 3 is 1.93 bits per heavy atom. The van der Waals surface area contributed by atoms with Crippen molar-refractivity contribution in [2.24, 2.45) is 0 Å². The highest BCUT2D eigenvalue weighted by atomic mass is 31.2. The highest BCUT2D eigenvalue weighted by molar-refractivity contribution is 8.07. The molecule has 2 rings (SSSR count). The van der Waals surface area contributed by atoms with Crippen LogP contribution in [-0.4, -0.2) is 7.57 Å². The maximum Gasteiger partial charge on any atom is 0.0504 e. The third-order valence-corrected chi connectivity index (χ3v) is 5.46. The van der Waals surface area contributed by atoms with Gasteiger partial charge in [0.15, 0.2) is 0 Å². The Bertz CT molecular complexity index is 386. The van der Waals surface area contributed by atoms with Crippen LogP contribution in [0.25, 0.3) is 0 Å². The van der Waals surface area contributed by atoms with Crippen molar-refractivity contribution < 1.29 is 0 Å². The van der Waals surface area contributed by atoms with E-state index in [0.717, 1.165) is 0 Å². The quantitative estimate of drug-likeness (QED) is 0.481. The van der Waals surface area contributed by atoms with Gasteiger partial charge in [-0.25, -0.2) is 0 Å². The molecule has 1 aliphatic rings. The van der Waals surface area contributed by atoms with Crippen molar-refractivity contribution in [1.29, 1.82) is 0 Å². The van der Waals surface area contributed by atoms with Crippen molar-refractivity contribution in [2.45, 2.75) is 13.8 Å². The van der Waals surface area contributed by atoms with Gasteiger partial charge in [0.1, 0.15) is 0 Å². The summed E-state index contributed by atoms with van der Waals surface area (Å²) in [7, 11) is 4.81. The van der Waals surface area contributed by atoms with Crippen LogP contribution in [0.15, 0.2) is 53.1 Å². The summed E-state index contributed by atoms with van der Waals surface area (Å²) in [5.74, 6) is 4.47. The Hall–Kier alpha value is -0.805. The number of allylic oxidation sites excluding steroid dienone is 2. The predicted molar refractivity (Wildman–Crippen MR) is 66.3 cm³/mol. The van der Waals surface area contributed by atoms with Gasteiger partial charge in [-0.05, 0) is 37.1 Å². The van der Waals surface area contributed by atoms with Crippen molar-refractivity contribution in [3.05, 3.63) is 53.1 Å². The van der Waals surface area contributed by atoms with Gasteiger partial charge in [-0.3, -0.25) is 7.57 Å². The normalized spacial score (nSPS) is 19.1. The Kier molecular flexibility index (Phi) is 2.37. The van der Waals surface area contributed by atoms with Crippen LogP contribution in [0.3, 0.4) is 0 Å². The molecule has 0 unspecified atom stereocenters. The minimum absolute atomic E-state index is 1.26. The Balaban J connectivity index is 2.47. The zero-order valence-corrected chi connectivity index (χ0v) is 9.46. The van der Waals surface area contributed by atoms with E-state index in [1.807, 2.05) is 6.07 Å². The van der Waals surface area contributed by atoms with Crippen molar-refractivity contribution >= 4 is 20.0 Å². The second-order valence-electron chi connectivity index (χ2n) is 3.79. The molecule has 14 heavy (non-hydrogen) atoms. The summed E-state index contributed by atoms with van der Waals surface area (Å²) in [6.07, 6.45) is 0. The van der Waals surface area contributed by atoms with E-state index in [1.54, 1.807) is 0 Å². The molecule has 0 aromatic heterocycles. The summed E-state index contributed by atoms with van der Waals surface area (Å²) in [6, 6.07) is 10.4. The molecule has 0 fully saturated rings.